The minimum atomic E-state index is -0.948. The topological polar surface area (TPSA) is 117 Å². The number of carbonyl (C=O) groups is 2. The number of hydrogen-bond donors (Lipinski definition) is 4. The van der Waals surface area contributed by atoms with Crippen LogP contribution in [0.15, 0.2) is 102 Å². The van der Waals surface area contributed by atoms with E-state index in [0.717, 1.165) is 38.3 Å². The number of rotatable bonds is 11. The molecule has 1 saturated heterocycles. The van der Waals surface area contributed by atoms with Gasteiger partial charge in [0.25, 0.3) is 0 Å². The van der Waals surface area contributed by atoms with Crippen molar-refractivity contribution in [2.24, 2.45) is 5.92 Å². The largest absolute Gasteiger partial charge is 0.478 e. The molecular weight excluding hydrogens is 588 g/mol. The summed E-state index contributed by atoms with van der Waals surface area (Å²) in [6.45, 7) is 4.95. The van der Waals surface area contributed by atoms with E-state index in [0.29, 0.717) is 18.8 Å². The first-order chi connectivity index (χ1) is 21.9. The van der Waals surface area contributed by atoms with Crippen molar-refractivity contribution in [3.63, 3.8) is 0 Å². The SMILES string of the molecule is CCNC(=O)NCc1ccccc1-c1ccc([C@@H]2O[C@H](CSc3ccc(C(=O)O)cc3)[C@H](C)[C@H](c3ccc(CO)cc3)O2)cc1. The maximum Gasteiger partial charge on any atom is 0.335 e. The van der Waals surface area contributed by atoms with Gasteiger partial charge in [0.15, 0.2) is 6.29 Å². The first-order valence-corrected chi connectivity index (χ1v) is 16.0. The molecule has 0 aromatic heterocycles. The molecule has 45 heavy (non-hydrogen) atoms. The van der Waals surface area contributed by atoms with Crippen molar-refractivity contribution in [2.75, 3.05) is 12.3 Å². The number of hydrogen-bond acceptors (Lipinski definition) is 6. The Morgan fingerprint density at radius 2 is 1.53 bits per heavy atom. The molecule has 1 aliphatic rings. The molecule has 8 nitrogen and oxygen atoms in total. The maximum absolute atomic E-state index is 12.0. The summed E-state index contributed by atoms with van der Waals surface area (Å²) >= 11 is 1.62. The standard InChI is InChI=1S/C36H38N2O6S/c1-3-37-36(42)38-20-29-6-4-5-7-31(29)25-12-14-28(15-13-25)35-43-32(22-45-30-18-16-27(17-19-30)34(40)41)23(2)33(44-35)26-10-8-24(21-39)9-11-26/h4-19,23,32-33,35,39H,3,20-22H2,1-2H3,(H,40,41)(H2,37,38,42)/t23-,32+,33+,35+/m0/s1. The molecule has 2 amide bonds. The van der Waals surface area contributed by atoms with Crippen LogP contribution in [0.5, 0.6) is 0 Å². The summed E-state index contributed by atoms with van der Waals surface area (Å²) in [7, 11) is 0. The lowest BCUT2D eigenvalue weighted by Crippen LogP contribution is -2.38. The molecular formula is C36H38N2O6S. The quantitative estimate of drug-likeness (QED) is 0.133. The van der Waals surface area contributed by atoms with Gasteiger partial charge in [0.2, 0.25) is 0 Å². The van der Waals surface area contributed by atoms with Crippen LogP contribution >= 0.6 is 11.8 Å². The summed E-state index contributed by atoms with van der Waals surface area (Å²) in [6, 6.07) is 30.6. The number of aromatic carboxylic acids is 1. The van der Waals surface area contributed by atoms with E-state index >= 15 is 0 Å². The average molecular weight is 627 g/mol. The van der Waals surface area contributed by atoms with Crippen LogP contribution in [0.2, 0.25) is 0 Å². The Labute approximate surface area is 267 Å². The summed E-state index contributed by atoms with van der Waals surface area (Å²) in [5.41, 5.74) is 6.06. The van der Waals surface area contributed by atoms with Crippen molar-refractivity contribution in [3.8, 4) is 11.1 Å². The number of carboxylic acid groups (broad SMARTS) is 1. The summed E-state index contributed by atoms with van der Waals surface area (Å²) in [5.74, 6) is -0.269. The van der Waals surface area contributed by atoms with Crippen LogP contribution in [0.1, 0.15) is 58.9 Å². The average Bonchev–Trinajstić information content (AvgIpc) is 3.07. The predicted molar refractivity (Wildman–Crippen MR) is 175 cm³/mol. The molecule has 0 unspecified atom stereocenters. The van der Waals surface area contributed by atoms with E-state index < -0.39 is 12.3 Å². The fourth-order valence-electron chi connectivity index (χ4n) is 5.36. The smallest absolute Gasteiger partial charge is 0.335 e. The zero-order chi connectivity index (χ0) is 31.8. The van der Waals surface area contributed by atoms with E-state index in [1.807, 2.05) is 91.9 Å². The Morgan fingerprint density at radius 1 is 0.844 bits per heavy atom. The van der Waals surface area contributed by atoms with Crippen LogP contribution < -0.4 is 10.6 Å². The molecule has 0 radical (unpaired) electrons. The number of aliphatic hydroxyl groups is 1. The summed E-state index contributed by atoms with van der Waals surface area (Å²) in [4.78, 5) is 24.2. The molecule has 0 aliphatic carbocycles. The lowest BCUT2D eigenvalue weighted by atomic mass is 9.91. The fraction of sp³-hybridized carbons (Fsp3) is 0.278. The second-order valence-electron chi connectivity index (χ2n) is 11.0. The molecule has 0 spiro atoms. The molecule has 9 heteroatoms. The van der Waals surface area contributed by atoms with Gasteiger partial charge in [-0.05, 0) is 59.0 Å². The summed E-state index contributed by atoms with van der Waals surface area (Å²) < 4.78 is 13.2. The number of thioether (sulfide) groups is 1. The first kappa shape index (κ1) is 32.2. The van der Waals surface area contributed by atoms with Crippen LogP contribution in [0.4, 0.5) is 4.79 Å². The van der Waals surface area contributed by atoms with Crippen molar-refractivity contribution in [2.45, 2.75) is 50.4 Å². The van der Waals surface area contributed by atoms with Crippen LogP contribution in [0, 0.1) is 5.92 Å². The highest BCUT2D eigenvalue weighted by molar-refractivity contribution is 7.99. The molecule has 0 bridgehead atoms. The number of benzene rings is 4. The molecule has 1 fully saturated rings. The fourth-order valence-corrected chi connectivity index (χ4v) is 6.42. The highest BCUT2D eigenvalue weighted by Crippen LogP contribution is 2.43. The van der Waals surface area contributed by atoms with Crippen LogP contribution in [-0.4, -0.2) is 40.6 Å². The Kier molecular flexibility index (Phi) is 10.9. The zero-order valence-electron chi connectivity index (χ0n) is 25.3. The number of ether oxygens (including phenoxy) is 2. The van der Waals surface area contributed by atoms with Gasteiger partial charge >= 0.3 is 12.0 Å². The van der Waals surface area contributed by atoms with Gasteiger partial charge in [-0.1, -0.05) is 79.7 Å². The van der Waals surface area contributed by atoms with Crippen molar-refractivity contribution in [1.82, 2.24) is 10.6 Å². The van der Waals surface area contributed by atoms with Gasteiger partial charge in [0.05, 0.1) is 24.4 Å². The number of carboxylic acids is 1. The maximum atomic E-state index is 12.0. The minimum Gasteiger partial charge on any atom is -0.478 e. The predicted octanol–water partition coefficient (Wildman–Crippen LogP) is 6.95. The monoisotopic (exact) mass is 626 g/mol. The van der Waals surface area contributed by atoms with E-state index in [9.17, 15) is 19.8 Å². The molecule has 1 heterocycles. The normalized spacial score (nSPS) is 19.5. The van der Waals surface area contributed by atoms with Crippen molar-refractivity contribution < 1.29 is 29.3 Å². The van der Waals surface area contributed by atoms with Crippen LogP contribution in [-0.2, 0) is 22.6 Å². The third-order valence-electron chi connectivity index (χ3n) is 7.93. The first-order valence-electron chi connectivity index (χ1n) is 15.0. The molecule has 4 aromatic rings. The van der Waals surface area contributed by atoms with Gasteiger partial charge < -0.3 is 30.3 Å². The summed E-state index contributed by atoms with van der Waals surface area (Å²) in [5, 5.41) is 24.4. The van der Waals surface area contributed by atoms with Crippen molar-refractivity contribution in [3.05, 3.63) is 125 Å². The minimum absolute atomic E-state index is 0.0233. The third kappa shape index (κ3) is 8.12. The van der Waals surface area contributed by atoms with Gasteiger partial charge in [-0.15, -0.1) is 11.8 Å². The van der Waals surface area contributed by atoms with Gasteiger partial charge in [0.1, 0.15) is 0 Å². The number of amides is 2. The lowest BCUT2D eigenvalue weighted by molar-refractivity contribution is -0.268. The number of nitrogens with one attached hydrogen (secondary N) is 2. The van der Waals surface area contributed by atoms with Gasteiger partial charge in [-0.25, -0.2) is 9.59 Å². The van der Waals surface area contributed by atoms with E-state index in [1.54, 1.807) is 23.9 Å². The Hall–Kier alpha value is -4.15. The molecule has 4 N–H and O–H groups in total. The Morgan fingerprint density at radius 3 is 2.20 bits per heavy atom. The van der Waals surface area contributed by atoms with Crippen molar-refractivity contribution in [1.29, 1.82) is 0 Å². The number of urea groups is 1. The molecule has 1 aliphatic heterocycles. The highest BCUT2D eigenvalue weighted by Gasteiger charge is 2.38. The third-order valence-corrected chi connectivity index (χ3v) is 9.03. The van der Waals surface area contributed by atoms with E-state index in [1.165, 1.54) is 0 Å². The molecule has 0 saturated carbocycles. The van der Waals surface area contributed by atoms with E-state index in [2.05, 4.69) is 17.6 Å². The van der Waals surface area contributed by atoms with Crippen molar-refractivity contribution >= 4 is 23.8 Å². The second-order valence-corrected chi connectivity index (χ2v) is 12.0. The molecule has 4 atom stereocenters. The highest BCUT2D eigenvalue weighted by atomic mass is 32.2. The molecule has 234 valence electrons. The molecule has 5 rings (SSSR count). The molecule has 4 aromatic carbocycles. The van der Waals surface area contributed by atoms with Gasteiger partial charge in [-0.2, -0.15) is 0 Å². The second kappa shape index (κ2) is 15.2. The number of aliphatic hydroxyl groups excluding tert-OH is 1. The van der Waals surface area contributed by atoms with Crippen LogP contribution in [0.3, 0.4) is 0 Å². The van der Waals surface area contributed by atoms with E-state index in [-0.39, 0.29) is 36.3 Å². The van der Waals surface area contributed by atoms with Gasteiger partial charge in [0, 0.05) is 35.2 Å². The zero-order valence-corrected chi connectivity index (χ0v) is 26.1. The van der Waals surface area contributed by atoms with Crippen LogP contribution in [0.25, 0.3) is 11.1 Å². The summed E-state index contributed by atoms with van der Waals surface area (Å²) in [6.07, 6.45) is -0.999. The van der Waals surface area contributed by atoms with Gasteiger partial charge in [-0.3, -0.25) is 0 Å². The number of carbonyl (C=O) groups excluding carboxylic acids is 1. The Bertz CT molecular complexity index is 1580. The van der Waals surface area contributed by atoms with E-state index in [4.69, 9.17) is 9.47 Å². The lowest BCUT2D eigenvalue weighted by Gasteiger charge is -2.41. The Balaban J connectivity index is 1.36.